The number of pyridine rings is 1. The van der Waals surface area contributed by atoms with Crippen molar-refractivity contribution in [1.29, 1.82) is 0 Å². The molecule has 0 saturated carbocycles. The summed E-state index contributed by atoms with van der Waals surface area (Å²) in [6.45, 7) is 6.23. The minimum absolute atomic E-state index is 0. The number of hydrogen-bond acceptors (Lipinski definition) is 3. The molecule has 15 heavy (non-hydrogen) atoms. The van der Waals surface area contributed by atoms with Crippen LogP contribution in [0.5, 0.6) is 0 Å². The Morgan fingerprint density at radius 2 is 2.00 bits per heavy atom. The Labute approximate surface area is 105 Å². The molecule has 84 valence electrons. The van der Waals surface area contributed by atoms with E-state index in [1.54, 1.807) is 0 Å². The van der Waals surface area contributed by atoms with Crippen LogP contribution in [-0.4, -0.2) is 31.2 Å². The van der Waals surface area contributed by atoms with E-state index in [-0.39, 0.29) is 12.4 Å². The highest BCUT2D eigenvalue weighted by Gasteiger charge is 2.11. The molecule has 0 aliphatic carbocycles. The molecule has 1 aliphatic rings. The predicted molar refractivity (Wildman–Crippen MR) is 69.0 cm³/mol. The highest BCUT2D eigenvalue weighted by Crippen LogP contribution is 2.19. The lowest BCUT2D eigenvalue weighted by Crippen LogP contribution is -2.43. The number of rotatable bonds is 1. The van der Waals surface area contributed by atoms with E-state index in [0.29, 0.717) is 0 Å². The fraction of sp³-hybridized carbons (Fsp3) is 0.500. The lowest BCUT2D eigenvalue weighted by atomic mass is 10.3. The third-order valence-corrected chi connectivity index (χ3v) is 3.29. The fourth-order valence-corrected chi connectivity index (χ4v) is 1.82. The van der Waals surface area contributed by atoms with Gasteiger partial charge in [-0.15, -0.1) is 12.4 Å². The van der Waals surface area contributed by atoms with Gasteiger partial charge in [0.05, 0.1) is 5.69 Å². The molecular weight excluding hydrogens is 277 g/mol. The Balaban J connectivity index is 0.00000112. The molecule has 1 aliphatic heterocycles. The van der Waals surface area contributed by atoms with Gasteiger partial charge < -0.3 is 10.2 Å². The second kappa shape index (κ2) is 5.68. The Morgan fingerprint density at radius 3 is 2.60 bits per heavy atom. The average molecular weight is 293 g/mol. The van der Waals surface area contributed by atoms with Crippen LogP contribution in [0, 0.1) is 6.92 Å². The highest BCUT2D eigenvalue weighted by atomic mass is 79.9. The predicted octanol–water partition coefficient (Wildman–Crippen LogP) is 1.98. The van der Waals surface area contributed by atoms with E-state index in [0.717, 1.165) is 42.2 Å². The second-order valence-electron chi connectivity index (χ2n) is 3.47. The molecule has 1 N–H and O–H groups in total. The number of hydrogen-bond donors (Lipinski definition) is 1. The van der Waals surface area contributed by atoms with Gasteiger partial charge in [0.1, 0.15) is 5.82 Å². The summed E-state index contributed by atoms with van der Waals surface area (Å²) in [6, 6.07) is 4.14. The number of nitrogens with one attached hydrogen (secondary N) is 1. The average Bonchev–Trinajstić information content (AvgIpc) is 2.23. The van der Waals surface area contributed by atoms with Gasteiger partial charge in [0.2, 0.25) is 0 Å². The maximum atomic E-state index is 4.55. The van der Waals surface area contributed by atoms with Crippen molar-refractivity contribution in [2.24, 2.45) is 0 Å². The van der Waals surface area contributed by atoms with Gasteiger partial charge in [0.25, 0.3) is 0 Å². The molecule has 0 unspecified atom stereocenters. The van der Waals surface area contributed by atoms with Crippen LogP contribution in [0.25, 0.3) is 0 Å². The van der Waals surface area contributed by atoms with Crippen LogP contribution in [0.4, 0.5) is 5.82 Å². The van der Waals surface area contributed by atoms with E-state index in [1.165, 1.54) is 0 Å². The highest BCUT2D eigenvalue weighted by molar-refractivity contribution is 9.10. The summed E-state index contributed by atoms with van der Waals surface area (Å²) in [4.78, 5) is 6.86. The number of nitrogens with zero attached hydrogens (tertiary/aromatic N) is 2. The summed E-state index contributed by atoms with van der Waals surface area (Å²) < 4.78 is 1.08. The lowest BCUT2D eigenvalue weighted by molar-refractivity contribution is 0.584. The third kappa shape index (κ3) is 3.06. The van der Waals surface area contributed by atoms with Gasteiger partial charge >= 0.3 is 0 Å². The van der Waals surface area contributed by atoms with Crippen LogP contribution >= 0.6 is 28.3 Å². The summed E-state index contributed by atoms with van der Waals surface area (Å²) in [6.07, 6.45) is 0. The van der Waals surface area contributed by atoms with E-state index in [9.17, 15) is 0 Å². The largest absolute Gasteiger partial charge is 0.354 e. The molecule has 2 heterocycles. The van der Waals surface area contributed by atoms with Crippen LogP contribution in [0.3, 0.4) is 0 Å². The molecule has 2 rings (SSSR count). The number of piperazine rings is 1. The Bertz CT molecular complexity index is 326. The molecule has 1 fully saturated rings. The maximum absolute atomic E-state index is 4.55. The Hall–Kier alpha value is -0.320. The van der Waals surface area contributed by atoms with Gasteiger partial charge in [-0.05, 0) is 35.0 Å². The van der Waals surface area contributed by atoms with Crippen LogP contribution in [0.2, 0.25) is 0 Å². The van der Waals surface area contributed by atoms with E-state index in [2.05, 4.69) is 43.3 Å². The monoisotopic (exact) mass is 291 g/mol. The molecule has 3 nitrogen and oxygen atoms in total. The van der Waals surface area contributed by atoms with Crippen LogP contribution in [0.15, 0.2) is 16.6 Å². The molecule has 5 heteroatoms. The second-order valence-corrected chi connectivity index (χ2v) is 4.33. The maximum Gasteiger partial charge on any atom is 0.128 e. The number of aromatic nitrogens is 1. The van der Waals surface area contributed by atoms with Crippen LogP contribution in [-0.2, 0) is 0 Å². The normalized spacial score (nSPS) is 16.0. The minimum atomic E-state index is 0. The smallest absolute Gasteiger partial charge is 0.128 e. The number of halogens is 2. The quantitative estimate of drug-likeness (QED) is 0.858. The van der Waals surface area contributed by atoms with Crippen molar-refractivity contribution in [3.8, 4) is 0 Å². The SMILES string of the molecule is Cc1nc(N2CCNCC2)ccc1Br.Cl. The van der Waals surface area contributed by atoms with Crippen molar-refractivity contribution in [3.63, 3.8) is 0 Å². The minimum Gasteiger partial charge on any atom is -0.354 e. The fourth-order valence-electron chi connectivity index (χ4n) is 1.60. The summed E-state index contributed by atoms with van der Waals surface area (Å²) in [5.41, 5.74) is 1.06. The van der Waals surface area contributed by atoms with Crippen molar-refractivity contribution in [3.05, 3.63) is 22.3 Å². The summed E-state index contributed by atoms with van der Waals surface area (Å²) in [5.74, 6) is 1.09. The molecule has 0 radical (unpaired) electrons. The summed E-state index contributed by atoms with van der Waals surface area (Å²) in [5, 5.41) is 3.33. The molecule has 0 atom stereocenters. The zero-order valence-electron chi connectivity index (χ0n) is 8.66. The number of anilines is 1. The van der Waals surface area contributed by atoms with Crippen molar-refractivity contribution in [2.75, 3.05) is 31.1 Å². The van der Waals surface area contributed by atoms with Crippen molar-refractivity contribution >= 4 is 34.2 Å². The van der Waals surface area contributed by atoms with E-state index < -0.39 is 0 Å². The van der Waals surface area contributed by atoms with Gasteiger partial charge in [-0.2, -0.15) is 0 Å². The third-order valence-electron chi connectivity index (χ3n) is 2.45. The Kier molecular flexibility index (Phi) is 4.83. The van der Waals surface area contributed by atoms with Gasteiger partial charge in [-0.1, -0.05) is 0 Å². The lowest BCUT2D eigenvalue weighted by Gasteiger charge is -2.28. The molecular formula is C10H15BrClN3. The van der Waals surface area contributed by atoms with Crippen molar-refractivity contribution < 1.29 is 0 Å². The Morgan fingerprint density at radius 1 is 1.33 bits per heavy atom. The summed E-state index contributed by atoms with van der Waals surface area (Å²) in [7, 11) is 0. The van der Waals surface area contributed by atoms with Gasteiger partial charge in [-0.25, -0.2) is 4.98 Å². The topological polar surface area (TPSA) is 28.2 Å². The van der Waals surface area contributed by atoms with Crippen molar-refractivity contribution in [1.82, 2.24) is 10.3 Å². The molecule has 0 bridgehead atoms. The first-order valence-corrected chi connectivity index (χ1v) is 5.65. The first-order valence-electron chi connectivity index (χ1n) is 4.86. The molecule has 1 aromatic rings. The van der Waals surface area contributed by atoms with Gasteiger partial charge in [0.15, 0.2) is 0 Å². The summed E-state index contributed by atoms with van der Waals surface area (Å²) >= 11 is 3.46. The van der Waals surface area contributed by atoms with Crippen molar-refractivity contribution in [2.45, 2.75) is 6.92 Å². The van der Waals surface area contributed by atoms with E-state index >= 15 is 0 Å². The van der Waals surface area contributed by atoms with Crippen LogP contribution in [0.1, 0.15) is 5.69 Å². The number of aryl methyl sites for hydroxylation is 1. The molecule has 1 aromatic heterocycles. The van der Waals surface area contributed by atoms with Crippen LogP contribution < -0.4 is 10.2 Å². The zero-order chi connectivity index (χ0) is 9.97. The standard InChI is InChI=1S/C10H14BrN3.ClH/c1-8-9(11)2-3-10(13-8)14-6-4-12-5-7-14;/h2-3,12H,4-7H2,1H3;1H. The first kappa shape index (κ1) is 12.7. The van der Waals surface area contributed by atoms with Gasteiger partial charge in [-0.3, -0.25) is 0 Å². The van der Waals surface area contributed by atoms with E-state index in [4.69, 9.17) is 0 Å². The zero-order valence-corrected chi connectivity index (χ0v) is 11.1. The molecule has 0 amide bonds. The van der Waals surface area contributed by atoms with E-state index in [1.807, 2.05) is 6.92 Å². The first-order chi connectivity index (χ1) is 6.77. The van der Waals surface area contributed by atoms with Gasteiger partial charge in [0, 0.05) is 30.7 Å². The molecule has 0 spiro atoms. The molecule has 0 aromatic carbocycles. The molecule has 1 saturated heterocycles.